The van der Waals surface area contributed by atoms with Gasteiger partial charge >= 0.3 is 11.9 Å². The van der Waals surface area contributed by atoms with Crippen LogP contribution in [-0.2, 0) is 32.7 Å². The van der Waals surface area contributed by atoms with Crippen LogP contribution >= 0.6 is 7.82 Å². The molecule has 0 saturated heterocycles. The molecule has 0 N–H and O–H groups in total. The second-order valence-electron chi connectivity index (χ2n) is 16.8. The Morgan fingerprint density at radius 3 is 1.40 bits per heavy atom. The molecule has 0 spiro atoms. The van der Waals surface area contributed by atoms with Crippen molar-refractivity contribution in [3.8, 4) is 0 Å². The van der Waals surface area contributed by atoms with E-state index in [1.54, 1.807) is 0 Å². The topological polar surface area (TPSA) is 111 Å². The van der Waals surface area contributed by atoms with Gasteiger partial charge in [-0.15, -0.1) is 0 Å². The normalized spacial score (nSPS) is 13.6. The van der Waals surface area contributed by atoms with Crippen LogP contribution in [0, 0.1) is 0 Å². The van der Waals surface area contributed by atoms with Crippen LogP contribution in [0.4, 0.5) is 0 Å². The molecule has 0 aliphatic carbocycles. The molecule has 0 saturated carbocycles. The lowest BCUT2D eigenvalue weighted by molar-refractivity contribution is -0.870. The maximum Gasteiger partial charge on any atom is 0.306 e. The SMILES string of the molecule is CCCC/C=C/CCCCCCCC(=O)OC[C@H](COP(=O)([O-])OCC[N+](C)(C)C)OC(=O)CCCCCCCCCCCCCCCCCCCCCC. The summed E-state index contributed by atoms with van der Waals surface area (Å²) in [5.74, 6) is -0.836. The van der Waals surface area contributed by atoms with E-state index < -0.39 is 32.5 Å². The van der Waals surface area contributed by atoms with Crippen LogP contribution in [0.25, 0.3) is 0 Å². The summed E-state index contributed by atoms with van der Waals surface area (Å²) < 4.78 is 33.9. The Morgan fingerprint density at radius 1 is 0.545 bits per heavy atom. The molecule has 0 radical (unpaired) electrons. The maximum atomic E-state index is 12.7. The molecule has 0 bridgehead atoms. The van der Waals surface area contributed by atoms with Crippen molar-refractivity contribution in [2.75, 3.05) is 47.5 Å². The molecule has 326 valence electrons. The number of likely N-dealkylation sites (N-methyl/N-ethyl adjacent to an activating group) is 1. The number of rotatable bonds is 42. The molecule has 1 unspecified atom stereocenters. The first kappa shape index (κ1) is 53.8. The minimum absolute atomic E-state index is 0.0290. The highest BCUT2D eigenvalue weighted by atomic mass is 31.2. The first-order valence-corrected chi connectivity index (χ1v) is 24.4. The van der Waals surface area contributed by atoms with Crippen molar-refractivity contribution >= 4 is 19.8 Å². The van der Waals surface area contributed by atoms with Crippen molar-refractivity contribution in [2.45, 2.75) is 219 Å². The van der Waals surface area contributed by atoms with E-state index in [0.717, 1.165) is 57.8 Å². The van der Waals surface area contributed by atoms with Gasteiger partial charge < -0.3 is 27.9 Å². The van der Waals surface area contributed by atoms with Gasteiger partial charge in [0.25, 0.3) is 7.82 Å². The lowest BCUT2D eigenvalue weighted by Gasteiger charge is -2.28. The predicted molar refractivity (Wildman–Crippen MR) is 227 cm³/mol. The lowest BCUT2D eigenvalue weighted by atomic mass is 10.0. The quantitative estimate of drug-likeness (QED) is 0.0197. The molecule has 2 atom stereocenters. The Hall–Kier alpha value is -1.25. The second-order valence-corrected chi connectivity index (χ2v) is 18.2. The first-order chi connectivity index (χ1) is 26.5. The molecule has 9 nitrogen and oxygen atoms in total. The van der Waals surface area contributed by atoms with E-state index in [4.69, 9.17) is 18.5 Å². The number of ether oxygens (including phenoxy) is 2. The summed E-state index contributed by atoms with van der Waals surface area (Å²) in [6.07, 6.45) is 39.6. The van der Waals surface area contributed by atoms with Gasteiger partial charge in [0, 0.05) is 12.8 Å². The van der Waals surface area contributed by atoms with E-state index in [2.05, 4.69) is 26.0 Å². The number of phosphoric acid groups is 1. The summed E-state index contributed by atoms with van der Waals surface area (Å²) in [7, 11) is 1.17. The molecule has 0 heterocycles. The second kappa shape index (κ2) is 38.3. The number of allylic oxidation sites excluding steroid dienone is 2. The molecular weight excluding hydrogens is 713 g/mol. The molecule has 10 heteroatoms. The number of hydrogen-bond acceptors (Lipinski definition) is 8. The molecule has 0 aromatic rings. The molecular formula is C45H88NO8P. The molecule has 0 aliphatic heterocycles. The monoisotopic (exact) mass is 802 g/mol. The van der Waals surface area contributed by atoms with Crippen LogP contribution in [0.3, 0.4) is 0 Å². The first-order valence-electron chi connectivity index (χ1n) is 22.9. The van der Waals surface area contributed by atoms with E-state index in [1.165, 1.54) is 122 Å². The van der Waals surface area contributed by atoms with Crippen molar-refractivity contribution < 1.29 is 42.1 Å². The zero-order valence-electron chi connectivity index (χ0n) is 36.6. The van der Waals surface area contributed by atoms with Gasteiger partial charge in [-0.2, -0.15) is 0 Å². The number of carbonyl (C=O) groups is 2. The maximum absolute atomic E-state index is 12.7. The third kappa shape index (κ3) is 42.2. The molecule has 0 amide bonds. The highest BCUT2D eigenvalue weighted by molar-refractivity contribution is 7.45. The third-order valence-corrected chi connectivity index (χ3v) is 11.0. The van der Waals surface area contributed by atoms with Crippen LogP contribution in [-0.4, -0.2) is 70.0 Å². The number of carbonyl (C=O) groups excluding carboxylic acids is 2. The van der Waals surface area contributed by atoms with Gasteiger partial charge in [0.05, 0.1) is 27.7 Å². The number of phosphoric ester groups is 1. The Kier molecular flexibility index (Phi) is 37.4. The van der Waals surface area contributed by atoms with Crippen LogP contribution < -0.4 is 4.89 Å². The van der Waals surface area contributed by atoms with Crippen molar-refractivity contribution in [1.82, 2.24) is 0 Å². The van der Waals surface area contributed by atoms with E-state index in [0.29, 0.717) is 17.4 Å². The largest absolute Gasteiger partial charge is 0.756 e. The van der Waals surface area contributed by atoms with Crippen LogP contribution in [0.15, 0.2) is 12.2 Å². The molecule has 55 heavy (non-hydrogen) atoms. The zero-order valence-corrected chi connectivity index (χ0v) is 37.5. The van der Waals surface area contributed by atoms with Crippen LogP contribution in [0.2, 0.25) is 0 Å². The Labute approximate surface area is 339 Å². The van der Waals surface area contributed by atoms with E-state index in [9.17, 15) is 19.0 Å². The van der Waals surface area contributed by atoms with Crippen molar-refractivity contribution in [3.63, 3.8) is 0 Å². The number of esters is 2. The van der Waals surface area contributed by atoms with E-state index in [-0.39, 0.29) is 26.1 Å². The van der Waals surface area contributed by atoms with Gasteiger partial charge in [-0.25, -0.2) is 0 Å². The fraction of sp³-hybridized carbons (Fsp3) is 0.911. The standard InChI is InChI=1S/C45H88NO8P/c1-6-8-10-12-14-16-18-19-20-21-22-23-24-25-26-28-30-32-34-36-38-45(48)54-43(42-53-55(49,50)52-40-39-46(3,4)5)41-51-44(47)37-35-33-31-29-27-17-15-13-11-9-7-2/h13,15,43H,6-12,14,16-42H2,1-5H3/b15-13+/t43-/m1/s1. The Balaban J connectivity index is 4.24. The molecule has 0 rings (SSSR count). The van der Waals surface area contributed by atoms with Crippen molar-refractivity contribution in [1.29, 1.82) is 0 Å². The summed E-state index contributed by atoms with van der Waals surface area (Å²) in [6, 6.07) is 0. The molecule has 0 aromatic carbocycles. The minimum Gasteiger partial charge on any atom is -0.756 e. The number of hydrogen-bond donors (Lipinski definition) is 0. The minimum atomic E-state index is -4.62. The van der Waals surface area contributed by atoms with E-state index in [1.807, 2.05) is 21.1 Å². The lowest BCUT2D eigenvalue weighted by Crippen LogP contribution is -2.37. The Morgan fingerprint density at radius 2 is 0.945 bits per heavy atom. The predicted octanol–water partition coefficient (Wildman–Crippen LogP) is 12.3. The third-order valence-electron chi connectivity index (χ3n) is 10.0. The fourth-order valence-electron chi connectivity index (χ4n) is 6.40. The van der Waals surface area contributed by atoms with Gasteiger partial charge in [-0.3, -0.25) is 14.2 Å². The fourth-order valence-corrected chi connectivity index (χ4v) is 7.13. The average Bonchev–Trinajstić information content (AvgIpc) is 3.13. The average molecular weight is 802 g/mol. The highest BCUT2D eigenvalue weighted by Crippen LogP contribution is 2.38. The van der Waals surface area contributed by atoms with Crippen LogP contribution in [0.5, 0.6) is 0 Å². The summed E-state index contributed by atoms with van der Waals surface area (Å²) in [5, 5.41) is 0. The van der Waals surface area contributed by atoms with E-state index >= 15 is 0 Å². The van der Waals surface area contributed by atoms with Gasteiger partial charge in [-0.1, -0.05) is 180 Å². The summed E-state index contributed by atoms with van der Waals surface area (Å²) in [5.41, 5.74) is 0. The van der Waals surface area contributed by atoms with Gasteiger partial charge in [0.15, 0.2) is 6.10 Å². The zero-order chi connectivity index (χ0) is 40.7. The number of quaternary nitrogens is 1. The summed E-state index contributed by atoms with van der Waals surface area (Å²) in [4.78, 5) is 37.5. The van der Waals surface area contributed by atoms with Crippen molar-refractivity contribution in [3.05, 3.63) is 12.2 Å². The molecule has 0 fully saturated rings. The highest BCUT2D eigenvalue weighted by Gasteiger charge is 2.21. The Bertz CT molecular complexity index is 954. The molecule has 0 aromatic heterocycles. The van der Waals surface area contributed by atoms with Crippen LogP contribution in [0.1, 0.15) is 213 Å². The van der Waals surface area contributed by atoms with Crippen molar-refractivity contribution in [2.24, 2.45) is 0 Å². The number of unbranched alkanes of at least 4 members (excludes halogenated alkanes) is 26. The van der Waals surface area contributed by atoms with Gasteiger partial charge in [0.2, 0.25) is 0 Å². The smallest absolute Gasteiger partial charge is 0.306 e. The summed E-state index contributed by atoms with van der Waals surface area (Å²) >= 11 is 0. The van der Waals surface area contributed by atoms with Gasteiger partial charge in [-0.05, 0) is 32.1 Å². The summed E-state index contributed by atoms with van der Waals surface area (Å²) in [6.45, 7) is 4.20. The van der Waals surface area contributed by atoms with Gasteiger partial charge in [0.1, 0.15) is 19.8 Å². The number of nitrogens with zero attached hydrogens (tertiary/aromatic N) is 1. The molecule has 0 aliphatic rings.